The highest BCUT2D eigenvalue weighted by atomic mass is 32.2. The zero-order valence-electron chi connectivity index (χ0n) is 9.11. The van der Waals surface area contributed by atoms with Crippen LogP contribution in [0.25, 0.3) is 0 Å². The lowest BCUT2D eigenvalue weighted by Crippen LogP contribution is -2.04. The Hall–Kier alpha value is -0.740. The summed E-state index contributed by atoms with van der Waals surface area (Å²) in [6, 6.07) is 3.84. The lowest BCUT2D eigenvalue weighted by atomic mass is 10.2. The molecule has 0 aliphatic carbocycles. The third kappa shape index (κ3) is 4.53. The van der Waals surface area contributed by atoms with Gasteiger partial charge in [-0.05, 0) is 24.1 Å². The van der Waals surface area contributed by atoms with E-state index in [-0.39, 0.29) is 0 Å². The normalized spacial score (nSPS) is 12.7. The first kappa shape index (κ1) is 12.3. The van der Waals surface area contributed by atoms with Crippen molar-refractivity contribution in [3.8, 4) is 0 Å². The van der Waals surface area contributed by atoms with Crippen molar-refractivity contribution in [2.24, 2.45) is 5.73 Å². The molecule has 1 aromatic rings. The van der Waals surface area contributed by atoms with E-state index < -0.39 is 10.8 Å². The summed E-state index contributed by atoms with van der Waals surface area (Å²) in [6.45, 7) is 2.55. The average Bonchev–Trinajstić information content (AvgIpc) is 2.26. The minimum absolute atomic E-state index is 0.440. The third-order valence-corrected chi connectivity index (χ3v) is 3.54. The second-order valence-electron chi connectivity index (χ2n) is 3.50. The smallest absolute Gasteiger partial charge is 0.0542 e. The van der Waals surface area contributed by atoms with Crippen LogP contribution in [0.5, 0.6) is 0 Å². The molecule has 3 nitrogen and oxygen atoms in total. The van der Waals surface area contributed by atoms with E-state index in [4.69, 9.17) is 5.73 Å². The maximum Gasteiger partial charge on any atom is 0.0542 e. The Balaban J connectivity index is 2.52. The molecule has 0 aliphatic rings. The van der Waals surface area contributed by atoms with Crippen molar-refractivity contribution in [1.82, 2.24) is 4.98 Å². The topological polar surface area (TPSA) is 56.0 Å². The Morgan fingerprint density at radius 1 is 1.53 bits per heavy atom. The predicted molar refractivity (Wildman–Crippen MR) is 63.7 cm³/mol. The zero-order valence-corrected chi connectivity index (χ0v) is 9.93. The van der Waals surface area contributed by atoms with Crippen molar-refractivity contribution >= 4 is 10.8 Å². The van der Waals surface area contributed by atoms with Crippen molar-refractivity contribution in [3.63, 3.8) is 0 Å². The molecule has 0 saturated heterocycles. The molecule has 0 aliphatic heterocycles. The van der Waals surface area contributed by atoms with Gasteiger partial charge < -0.3 is 5.73 Å². The largest absolute Gasteiger partial charge is 0.325 e. The van der Waals surface area contributed by atoms with E-state index in [1.54, 1.807) is 6.20 Å². The fourth-order valence-electron chi connectivity index (χ4n) is 1.29. The first-order valence-corrected chi connectivity index (χ1v) is 6.74. The standard InChI is InChI=1S/C11H18N2OS/c1-2-3-6-15(14)9-10-4-5-13-11(7-10)8-12/h4-5,7H,2-3,6,8-9,12H2,1H3. The number of aromatic nitrogens is 1. The Morgan fingerprint density at radius 2 is 2.33 bits per heavy atom. The summed E-state index contributed by atoms with van der Waals surface area (Å²) in [5.74, 6) is 1.41. The van der Waals surface area contributed by atoms with E-state index in [0.29, 0.717) is 12.3 Å². The summed E-state index contributed by atoms with van der Waals surface area (Å²) >= 11 is 0. The molecule has 0 spiro atoms. The maximum absolute atomic E-state index is 11.6. The number of rotatable bonds is 6. The van der Waals surface area contributed by atoms with Crippen LogP contribution in [0.1, 0.15) is 31.0 Å². The molecule has 1 heterocycles. The average molecular weight is 226 g/mol. The molecule has 0 saturated carbocycles. The lowest BCUT2D eigenvalue weighted by molar-refractivity contribution is 0.679. The Bertz CT molecular complexity index is 328. The number of unbranched alkanes of at least 4 members (excludes halogenated alkanes) is 1. The molecule has 0 amide bonds. The van der Waals surface area contributed by atoms with E-state index in [1.807, 2.05) is 12.1 Å². The first-order chi connectivity index (χ1) is 7.26. The Labute approximate surface area is 93.6 Å². The number of hydrogen-bond donors (Lipinski definition) is 1. The second kappa shape index (κ2) is 6.69. The van der Waals surface area contributed by atoms with Crippen LogP contribution in [0, 0.1) is 0 Å². The summed E-state index contributed by atoms with van der Waals surface area (Å²) in [5, 5.41) is 0. The number of pyridine rings is 1. The van der Waals surface area contributed by atoms with Gasteiger partial charge in [0.1, 0.15) is 0 Å². The molecule has 1 unspecified atom stereocenters. The van der Waals surface area contributed by atoms with E-state index in [1.165, 1.54) is 0 Å². The molecule has 1 rings (SSSR count). The lowest BCUT2D eigenvalue weighted by Gasteiger charge is -2.03. The van der Waals surface area contributed by atoms with Gasteiger partial charge in [0.05, 0.1) is 5.69 Å². The maximum atomic E-state index is 11.6. The van der Waals surface area contributed by atoms with Gasteiger partial charge in [-0.25, -0.2) is 0 Å². The van der Waals surface area contributed by atoms with E-state index in [2.05, 4.69) is 11.9 Å². The van der Waals surface area contributed by atoms with Crippen LogP contribution in [0.4, 0.5) is 0 Å². The summed E-state index contributed by atoms with van der Waals surface area (Å²) in [4.78, 5) is 4.10. The molecule has 84 valence electrons. The Morgan fingerprint density at radius 3 is 3.00 bits per heavy atom. The highest BCUT2D eigenvalue weighted by Gasteiger charge is 2.02. The summed E-state index contributed by atoms with van der Waals surface area (Å²) in [6.07, 6.45) is 3.85. The van der Waals surface area contributed by atoms with Gasteiger partial charge in [-0.3, -0.25) is 9.19 Å². The molecule has 1 aromatic heterocycles. The van der Waals surface area contributed by atoms with Gasteiger partial charge in [0, 0.05) is 35.0 Å². The molecule has 1 atom stereocenters. The Kier molecular flexibility index (Phi) is 5.50. The van der Waals surface area contributed by atoms with E-state index >= 15 is 0 Å². The fourth-order valence-corrected chi connectivity index (χ4v) is 2.60. The SMILES string of the molecule is CCCCS(=O)Cc1ccnc(CN)c1. The summed E-state index contributed by atoms with van der Waals surface area (Å²) in [5.41, 5.74) is 7.42. The monoisotopic (exact) mass is 226 g/mol. The van der Waals surface area contributed by atoms with Crippen LogP contribution < -0.4 is 5.73 Å². The van der Waals surface area contributed by atoms with Crippen LogP contribution >= 0.6 is 0 Å². The molecule has 0 aromatic carbocycles. The van der Waals surface area contributed by atoms with Crippen molar-refractivity contribution < 1.29 is 4.21 Å². The highest BCUT2D eigenvalue weighted by molar-refractivity contribution is 7.84. The van der Waals surface area contributed by atoms with Gasteiger partial charge in [0.2, 0.25) is 0 Å². The molecule has 4 heteroatoms. The second-order valence-corrected chi connectivity index (χ2v) is 5.08. The molecule has 15 heavy (non-hydrogen) atoms. The molecule has 0 bridgehead atoms. The van der Waals surface area contributed by atoms with Crippen LogP contribution in [0.15, 0.2) is 18.3 Å². The van der Waals surface area contributed by atoms with Gasteiger partial charge in [0.25, 0.3) is 0 Å². The quantitative estimate of drug-likeness (QED) is 0.801. The van der Waals surface area contributed by atoms with Gasteiger partial charge in [-0.1, -0.05) is 13.3 Å². The van der Waals surface area contributed by atoms with Crippen molar-refractivity contribution in [3.05, 3.63) is 29.6 Å². The molecular weight excluding hydrogens is 208 g/mol. The summed E-state index contributed by atoms with van der Waals surface area (Å²) in [7, 11) is -0.750. The summed E-state index contributed by atoms with van der Waals surface area (Å²) < 4.78 is 11.6. The number of hydrogen-bond acceptors (Lipinski definition) is 3. The molecule has 0 fully saturated rings. The molecule has 2 N–H and O–H groups in total. The van der Waals surface area contributed by atoms with E-state index in [9.17, 15) is 4.21 Å². The van der Waals surface area contributed by atoms with Crippen LogP contribution in [-0.2, 0) is 23.1 Å². The van der Waals surface area contributed by atoms with E-state index in [0.717, 1.165) is 29.9 Å². The predicted octanol–water partition coefficient (Wildman–Crippen LogP) is 1.59. The van der Waals surface area contributed by atoms with Crippen LogP contribution in [0.2, 0.25) is 0 Å². The number of nitrogens with zero attached hydrogens (tertiary/aromatic N) is 1. The van der Waals surface area contributed by atoms with Gasteiger partial charge in [-0.15, -0.1) is 0 Å². The zero-order chi connectivity index (χ0) is 11.1. The minimum Gasteiger partial charge on any atom is -0.325 e. The minimum atomic E-state index is -0.750. The van der Waals surface area contributed by atoms with Crippen LogP contribution in [0.3, 0.4) is 0 Å². The third-order valence-electron chi connectivity index (χ3n) is 2.14. The van der Waals surface area contributed by atoms with Crippen molar-refractivity contribution in [2.45, 2.75) is 32.1 Å². The van der Waals surface area contributed by atoms with Gasteiger partial charge in [0.15, 0.2) is 0 Å². The fraction of sp³-hybridized carbons (Fsp3) is 0.545. The highest BCUT2D eigenvalue weighted by Crippen LogP contribution is 2.06. The van der Waals surface area contributed by atoms with Crippen molar-refractivity contribution in [1.29, 1.82) is 0 Å². The number of nitrogens with two attached hydrogens (primary N) is 1. The molecule has 0 radical (unpaired) electrons. The van der Waals surface area contributed by atoms with Gasteiger partial charge >= 0.3 is 0 Å². The first-order valence-electron chi connectivity index (χ1n) is 5.25. The molecular formula is C11H18N2OS. The van der Waals surface area contributed by atoms with Gasteiger partial charge in [-0.2, -0.15) is 0 Å². The van der Waals surface area contributed by atoms with Crippen molar-refractivity contribution in [2.75, 3.05) is 5.75 Å². The van der Waals surface area contributed by atoms with Crippen LogP contribution in [-0.4, -0.2) is 14.9 Å².